The van der Waals surface area contributed by atoms with Crippen LogP contribution in [0.25, 0.3) is 0 Å². The number of rotatable bonds is 4. The Labute approximate surface area is 169 Å². The molecule has 1 aliphatic heterocycles. The highest BCUT2D eigenvalue weighted by atomic mass is 35.5. The van der Waals surface area contributed by atoms with E-state index in [0.717, 1.165) is 37.7 Å². The lowest BCUT2D eigenvalue weighted by molar-refractivity contribution is -0.159. The maximum Gasteiger partial charge on any atom is 0.296 e. The molecule has 146 valence electrons. The van der Waals surface area contributed by atoms with Crippen LogP contribution >= 0.6 is 11.6 Å². The number of hydrogen-bond donors (Lipinski definition) is 2. The first-order chi connectivity index (χ1) is 13.5. The number of carbonyl (C=O) groups is 2. The first kappa shape index (κ1) is 19.1. The Morgan fingerprint density at radius 1 is 1.07 bits per heavy atom. The van der Waals surface area contributed by atoms with Crippen molar-refractivity contribution in [1.82, 2.24) is 5.32 Å². The summed E-state index contributed by atoms with van der Waals surface area (Å²) in [4.78, 5) is 26.3. The second kappa shape index (κ2) is 7.32. The van der Waals surface area contributed by atoms with Crippen LogP contribution < -0.4 is 10.6 Å². The van der Waals surface area contributed by atoms with E-state index in [0.29, 0.717) is 16.3 Å². The molecule has 0 bridgehead atoms. The van der Waals surface area contributed by atoms with Gasteiger partial charge < -0.3 is 10.1 Å². The first-order valence-electron chi connectivity index (χ1n) is 9.53. The number of ether oxygens (including phenoxy) is 1. The third-order valence-electron chi connectivity index (χ3n) is 5.88. The zero-order valence-corrected chi connectivity index (χ0v) is 16.5. The molecular weight excluding hydrogens is 376 g/mol. The van der Waals surface area contributed by atoms with Gasteiger partial charge in [-0.05, 0) is 37.0 Å². The Balaban J connectivity index is 1.73. The predicted octanol–water partition coefficient (Wildman–Crippen LogP) is 3.81. The van der Waals surface area contributed by atoms with E-state index in [-0.39, 0.29) is 5.54 Å². The van der Waals surface area contributed by atoms with Gasteiger partial charge in [0.05, 0.1) is 10.7 Å². The Bertz CT molecular complexity index is 924. The summed E-state index contributed by atoms with van der Waals surface area (Å²) in [6.45, 7) is 0. The highest BCUT2D eigenvalue weighted by Crippen LogP contribution is 2.43. The zero-order valence-electron chi connectivity index (χ0n) is 15.8. The van der Waals surface area contributed by atoms with Gasteiger partial charge in [-0.1, -0.05) is 60.8 Å². The molecule has 4 rings (SSSR count). The molecule has 2 aromatic carbocycles. The largest absolute Gasteiger partial charge is 0.352 e. The Morgan fingerprint density at radius 2 is 1.75 bits per heavy atom. The molecule has 1 spiro atoms. The monoisotopic (exact) mass is 398 g/mol. The van der Waals surface area contributed by atoms with Crippen LogP contribution in [0.5, 0.6) is 0 Å². The van der Waals surface area contributed by atoms with Crippen LogP contribution in [0.2, 0.25) is 5.02 Å². The average molecular weight is 399 g/mol. The van der Waals surface area contributed by atoms with Crippen molar-refractivity contribution in [2.75, 3.05) is 12.4 Å². The molecule has 1 atom stereocenters. The van der Waals surface area contributed by atoms with Crippen LogP contribution in [-0.2, 0) is 26.5 Å². The van der Waals surface area contributed by atoms with Gasteiger partial charge in [0.2, 0.25) is 5.72 Å². The second-order valence-electron chi connectivity index (χ2n) is 7.59. The molecule has 1 aliphatic carbocycles. The van der Waals surface area contributed by atoms with Crippen LogP contribution in [0.4, 0.5) is 5.69 Å². The normalized spacial score (nSPS) is 22.6. The second-order valence-corrected chi connectivity index (χ2v) is 8.00. The van der Waals surface area contributed by atoms with Crippen molar-refractivity contribution in [2.24, 2.45) is 0 Å². The van der Waals surface area contributed by atoms with Crippen LogP contribution in [-0.4, -0.2) is 24.3 Å². The van der Waals surface area contributed by atoms with Gasteiger partial charge in [-0.2, -0.15) is 0 Å². The summed E-state index contributed by atoms with van der Waals surface area (Å²) in [7, 11) is 1.47. The smallest absolute Gasteiger partial charge is 0.296 e. The van der Waals surface area contributed by atoms with E-state index in [9.17, 15) is 9.59 Å². The lowest BCUT2D eigenvalue weighted by Gasteiger charge is -2.46. The number of para-hydroxylation sites is 1. The van der Waals surface area contributed by atoms with Gasteiger partial charge >= 0.3 is 0 Å². The molecule has 5 nitrogen and oxygen atoms in total. The van der Waals surface area contributed by atoms with Gasteiger partial charge in [0.15, 0.2) is 0 Å². The Hall–Kier alpha value is -2.21. The van der Waals surface area contributed by atoms with E-state index in [2.05, 4.69) is 10.6 Å². The molecule has 1 fully saturated rings. The molecule has 1 amide bonds. The summed E-state index contributed by atoms with van der Waals surface area (Å²) in [5.74, 6) is -1.43. The van der Waals surface area contributed by atoms with Gasteiger partial charge in [-0.25, -0.2) is 0 Å². The van der Waals surface area contributed by atoms with Crippen LogP contribution in [0, 0.1) is 0 Å². The molecule has 0 radical (unpaired) electrons. The molecule has 2 aliphatic rings. The van der Waals surface area contributed by atoms with Crippen LogP contribution in [0.3, 0.4) is 0 Å². The summed E-state index contributed by atoms with van der Waals surface area (Å²) in [5, 5.41) is 6.47. The van der Waals surface area contributed by atoms with Gasteiger partial charge in [0.25, 0.3) is 11.7 Å². The van der Waals surface area contributed by atoms with Crippen molar-refractivity contribution >= 4 is 29.0 Å². The summed E-state index contributed by atoms with van der Waals surface area (Å²) < 4.78 is 5.79. The first-order valence-corrected chi connectivity index (χ1v) is 9.91. The number of fused-ring (bicyclic) bond motifs is 1. The van der Waals surface area contributed by atoms with E-state index in [1.54, 1.807) is 24.3 Å². The number of amides is 1. The highest BCUT2D eigenvalue weighted by Gasteiger charge is 2.54. The van der Waals surface area contributed by atoms with Gasteiger partial charge in [-0.3, -0.25) is 14.9 Å². The standard InChI is InChI=1S/C22H23ClN2O3/c1-28-22(19(26)20(27)24-18-11-5-4-10-17(18)23)16-9-3-2-8-15(16)14-21(25-22)12-6-7-13-21/h2-5,8-11,25H,6-7,12-14H2,1H3,(H,24,27)/t22-/m1/s1. The molecule has 2 N–H and O–H groups in total. The topological polar surface area (TPSA) is 67.4 Å². The van der Waals surface area contributed by atoms with E-state index in [1.807, 2.05) is 24.3 Å². The third kappa shape index (κ3) is 3.13. The minimum absolute atomic E-state index is 0.231. The number of methoxy groups -OCH3 is 1. The quantitative estimate of drug-likeness (QED) is 0.768. The third-order valence-corrected chi connectivity index (χ3v) is 6.21. The van der Waals surface area contributed by atoms with Crippen LogP contribution in [0.15, 0.2) is 48.5 Å². The van der Waals surface area contributed by atoms with Crippen molar-refractivity contribution in [3.63, 3.8) is 0 Å². The molecule has 2 aromatic rings. The molecule has 0 saturated heterocycles. The van der Waals surface area contributed by atoms with E-state index in [4.69, 9.17) is 16.3 Å². The van der Waals surface area contributed by atoms with E-state index >= 15 is 0 Å². The number of carbonyl (C=O) groups excluding carboxylic acids is 2. The van der Waals surface area contributed by atoms with Gasteiger partial charge in [0, 0.05) is 18.2 Å². The van der Waals surface area contributed by atoms with Gasteiger partial charge in [-0.15, -0.1) is 0 Å². The number of nitrogens with one attached hydrogen (secondary N) is 2. The SMILES string of the molecule is CO[C@]1(C(=O)C(=O)Nc2ccccc2Cl)NC2(CCCC2)Cc2ccccc21. The zero-order chi connectivity index (χ0) is 19.8. The Kier molecular flexibility index (Phi) is 5.00. The van der Waals surface area contributed by atoms with Crippen LogP contribution in [0.1, 0.15) is 36.8 Å². The number of anilines is 1. The summed E-state index contributed by atoms with van der Waals surface area (Å²) in [6, 6.07) is 14.5. The van der Waals surface area contributed by atoms with E-state index < -0.39 is 17.4 Å². The molecule has 6 heteroatoms. The van der Waals surface area contributed by atoms with Crippen molar-refractivity contribution in [2.45, 2.75) is 43.4 Å². The Morgan fingerprint density at radius 3 is 2.46 bits per heavy atom. The molecule has 0 aromatic heterocycles. The molecule has 0 unspecified atom stereocenters. The number of Topliss-reactive ketones (excluding diaryl/α,β-unsaturated/α-hetero) is 1. The van der Waals surface area contributed by atoms with E-state index in [1.165, 1.54) is 7.11 Å². The van der Waals surface area contributed by atoms with Gasteiger partial charge in [0.1, 0.15) is 0 Å². The molecule has 1 heterocycles. The predicted molar refractivity (Wildman–Crippen MR) is 108 cm³/mol. The molecule has 1 saturated carbocycles. The summed E-state index contributed by atoms with van der Waals surface area (Å²) in [6.07, 6.45) is 4.91. The van der Waals surface area contributed by atoms with Crippen molar-refractivity contribution in [3.8, 4) is 0 Å². The van der Waals surface area contributed by atoms with Crippen molar-refractivity contribution < 1.29 is 14.3 Å². The summed E-state index contributed by atoms with van der Waals surface area (Å²) >= 11 is 6.13. The average Bonchev–Trinajstić information content (AvgIpc) is 3.15. The van der Waals surface area contributed by atoms with Crippen molar-refractivity contribution in [3.05, 3.63) is 64.7 Å². The minimum Gasteiger partial charge on any atom is -0.352 e. The number of halogens is 1. The van der Waals surface area contributed by atoms with Crippen molar-refractivity contribution in [1.29, 1.82) is 0 Å². The fourth-order valence-electron chi connectivity index (χ4n) is 4.56. The number of hydrogen-bond acceptors (Lipinski definition) is 4. The maximum absolute atomic E-state index is 13.4. The number of benzene rings is 2. The lowest BCUT2D eigenvalue weighted by atomic mass is 9.77. The molecule has 28 heavy (non-hydrogen) atoms. The maximum atomic E-state index is 13.4. The summed E-state index contributed by atoms with van der Waals surface area (Å²) in [5.41, 5.74) is 0.404. The lowest BCUT2D eigenvalue weighted by Crippen LogP contribution is -2.65. The minimum atomic E-state index is -1.51. The fraction of sp³-hybridized carbons (Fsp3) is 0.364. The highest BCUT2D eigenvalue weighted by molar-refractivity contribution is 6.44. The fourth-order valence-corrected chi connectivity index (χ4v) is 4.74. The number of ketones is 1. The molecular formula is C22H23ClN2O3.